The largest absolute Gasteiger partial charge is 0.497 e. The number of carbonyl (C=O) groups excluding carboxylic acids is 1. The molecule has 0 fully saturated rings. The molecule has 5 nitrogen and oxygen atoms in total. The Labute approximate surface area is 192 Å². The number of aliphatic imine (C=N–C) groups is 1. The minimum absolute atomic E-state index is 0.138. The number of thiophene rings is 1. The van der Waals surface area contributed by atoms with E-state index in [1.165, 1.54) is 23.5 Å². The Morgan fingerprint density at radius 2 is 2.10 bits per heavy atom. The lowest BCUT2D eigenvalue weighted by atomic mass is 9.99. The van der Waals surface area contributed by atoms with Gasteiger partial charge in [0.1, 0.15) is 11.6 Å². The van der Waals surface area contributed by atoms with E-state index in [4.69, 9.17) is 15.5 Å². The van der Waals surface area contributed by atoms with E-state index >= 15 is 0 Å². The zero-order valence-corrected chi connectivity index (χ0v) is 19.4. The molecule has 2 atom stereocenters. The molecule has 0 radical (unpaired) electrons. The van der Waals surface area contributed by atoms with Crippen LogP contribution in [0.5, 0.6) is 5.75 Å². The highest BCUT2D eigenvalue weighted by Crippen LogP contribution is 2.33. The van der Waals surface area contributed by atoms with E-state index in [0.717, 1.165) is 15.0 Å². The van der Waals surface area contributed by atoms with Crippen LogP contribution in [0.3, 0.4) is 0 Å². The van der Waals surface area contributed by atoms with Crippen LogP contribution < -0.4 is 15.4 Å². The van der Waals surface area contributed by atoms with Crippen LogP contribution in [0.4, 0.5) is 10.1 Å². The first-order valence-corrected chi connectivity index (χ1v) is 11.3. The number of carbonyl (C=O) groups is 1. The van der Waals surface area contributed by atoms with Crippen LogP contribution >= 0.6 is 27.3 Å². The van der Waals surface area contributed by atoms with Crippen LogP contribution in [0.15, 0.2) is 63.4 Å². The Morgan fingerprint density at radius 1 is 1.29 bits per heavy atom. The lowest BCUT2D eigenvalue weighted by molar-refractivity contribution is 0.0954. The molecule has 1 aliphatic heterocycles. The summed E-state index contributed by atoms with van der Waals surface area (Å²) >= 11 is 4.75. The Balaban J connectivity index is 1.79. The van der Waals surface area contributed by atoms with Crippen LogP contribution in [0.1, 0.15) is 20.8 Å². The third-order valence-electron chi connectivity index (χ3n) is 5.41. The fourth-order valence-corrected chi connectivity index (χ4v) is 5.10. The van der Waals surface area contributed by atoms with Crippen LogP contribution in [0, 0.1) is 5.82 Å². The summed E-state index contributed by atoms with van der Waals surface area (Å²) in [4.78, 5) is 20.4. The van der Waals surface area contributed by atoms with Crippen LogP contribution in [-0.4, -0.2) is 44.3 Å². The Morgan fingerprint density at radius 3 is 2.77 bits per heavy atom. The number of hydrogen-bond donors (Lipinski definition) is 1. The summed E-state index contributed by atoms with van der Waals surface area (Å²) in [6.45, 7) is 0.290. The van der Waals surface area contributed by atoms with E-state index in [1.807, 2.05) is 42.3 Å². The van der Waals surface area contributed by atoms with E-state index in [-0.39, 0.29) is 17.6 Å². The van der Waals surface area contributed by atoms with Crippen molar-refractivity contribution in [1.82, 2.24) is 0 Å². The Kier molecular flexibility index (Phi) is 6.22. The van der Waals surface area contributed by atoms with Crippen molar-refractivity contribution in [3.63, 3.8) is 0 Å². The van der Waals surface area contributed by atoms with Crippen molar-refractivity contribution >= 4 is 44.4 Å². The molecule has 2 N–H and O–H groups in total. The van der Waals surface area contributed by atoms with Gasteiger partial charge in [0.2, 0.25) is 0 Å². The number of benzodiazepines with no additional fused rings is 1. The quantitative estimate of drug-likeness (QED) is 0.521. The second-order valence-electron chi connectivity index (χ2n) is 7.25. The number of halogens is 2. The predicted molar refractivity (Wildman–Crippen MR) is 126 cm³/mol. The SMILES string of the molecule is COc1ccc2c(c1)N(C)C(C(N)C(=O)c1ccc(Br)s1)CN=C2c1cccc(F)c1. The first-order valence-electron chi connectivity index (χ1n) is 9.66. The standard InChI is InChI=1S/C23H21BrFN3O2S/c1-28-17-11-15(30-2)6-7-16(17)22(13-4-3-5-14(25)10-13)27-12-18(28)21(26)23(29)19-8-9-20(24)31-19/h3-11,18,21H,12,26H2,1-2H3. The number of fused-ring (bicyclic) bond motifs is 1. The van der Waals surface area contributed by atoms with Crippen LogP contribution in [0.25, 0.3) is 0 Å². The van der Waals surface area contributed by atoms with E-state index in [0.29, 0.717) is 28.4 Å². The fourth-order valence-electron chi connectivity index (χ4n) is 3.72. The van der Waals surface area contributed by atoms with Gasteiger partial charge in [0, 0.05) is 29.9 Å². The number of methoxy groups -OCH3 is 1. The summed E-state index contributed by atoms with van der Waals surface area (Å²) in [6.07, 6.45) is 0. The summed E-state index contributed by atoms with van der Waals surface area (Å²) < 4.78 is 20.2. The third-order valence-corrected chi connectivity index (χ3v) is 7.04. The van der Waals surface area contributed by atoms with Crippen molar-refractivity contribution in [2.24, 2.45) is 10.7 Å². The highest BCUT2D eigenvalue weighted by atomic mass is 79.9. The third kappa shape index (κ3) is 4.28. The lowest BCUT2D eigenvalue weighted by Gasteiger charge is -2.32. The first-order chi connectivity index (χ1) is 14.9. The molecular weight excluding hydrogens is 481 g/mol. The van der Waals surface area contributed by atoms with Gasteiger partial charge in [-0.15, -0.1) is 11.3 Å². The maximum Gasteiger partial charge on any atom is 0.191 e. The molecule has 160 valence electrons. The number of nitrogens with zero attached hydrogens (tertiary/aromatic N) is 2. The molecule has 1 aliphatic rings. The van der Waals surface area contributed by atoms with Crippen LogP contribution in [-0.2, 0) is 0 Å². The molecule has 2 aromatic carbocycles. The van der Waals surface area contributed by atoms with Crippen LogP contribution in [0.2, 0.25) is 0 Å². The summed E-state index contributed by atoms with van der Waals surface area (Å²) in [6, 6.07) is 14.4. The van der Waals surface area contributed by atoms with Gasteiger partial charge in [0.05, 0.1) is 40.1 Å². The zero-order valence-electron chi connectivity index (χ0n) is 17.0. The topological polar surface area (TPSA) is 67.9 Å². The summed E-state index contributed by atoms with van der Waals surface area (Å²) in [5.74, 6) is 0.202. The Hall–Kier alpha value is -2.55. The number of anilines is 1. The molecule has 3 aromatic rings. The number of ketones is 1. The summed E-state index contributed by atoms with van der Waals surface area (Å²) in [5.41, 5.74) is 9.44. The molecule has 0 bridgehead atoms. The number of ether oxygens (including phenoxy) is 1. The van der Waals surface area contributed by atoms with Gasteiger partial charge >= 0.3 is 0 Å². The average molecular weight is 502 g/mol. The predicted octanol–water partition coefficient (Wildman–Crippen LogP) is 4.52. The summed E-state index contributed by atoms with van der Waals surface area (Å²) in [5, 5.41) is 0. The van der Waals surface area contributed by atoms with E-state index < -0.39 is 6.04 Å². The maximum atomic E-state index is 13.9. The number of nitrogens with two attached hydrogens (primary N) is 1. The number of rotatable bonds is 5. The van der Waals surface area contributed by atoms with E-state index in [9.17, 15) is 9.18 Å². The minimum Gasteiger partial charge on any atom is -0.497 e. The van der Waals surface area contributed by atoms with Gasteiger partial charge < -0.3 is 15.4 Å². The van der Waals surface area contributed by atoms with Gasteiger partial charge in [-0.25, -0.2) is 4.39 Å². The van der Waals surface area contributed by atoms with Crippen molar-refractivity contribution in [2.45, 2.75) is 12.1 Å². The molecular formula is C23H21BrFN3O2S. The molecule has 1 aromatic heterocycles. The zero-order chi connectivity index (χ0) is 22.1. The second-order valence-corrected chi connectivity index (χ2v) is 9.72. The number of Topliss-reactive ketones (excluding diaryl/α,β-unsaturated/α-hetero) is 1. The second kappa shape index (κ2) is 8.90. The van der Waals surface area contributed by atoms with E-state index in [2.05, 4.69) is 15.9 Å². The lowest BCUT2D eigenvalue weighted by Crippen LogP contribution is -2.52. The van der Waals surface area contributed by atoms with Gasteiger partial charge in [-0.2, -0.15) is 0 Å². The highest BCUT2D eigenvalue weighted by Gasteiger charge is 2.33. The molecule has 8 heteroatoms. The van der Waals surface area contributed by atoms with Gasteiger partial charge in [0.15, 0.2) is 5.78 Å². The molecule has 0 spiro atoms. The highest BCUT2D eigenvalue weighted by molar-refractivity contribution is 9.11. The van der Waals surface area contributed by atoms with Gasteiger partial charge in [-0.3, -0.25) is 9.79 Å². The molecule has 0 amide bonds. The molecule has 0 aliphatic carbocycles. The van der Waals surface area contributed by atoms with Crippen molar-refractivity contribution in [2.75, 3.05) is 25.6 Å². The van der Waals surface area contributed by atoms with Crippen molar-refractivity contribution in [1.29, 1.82) is 0 Å². The van der Waals surface area contributed by atoms with Crippen molar-refractivity contribution in [3.05, 3.63) is 80.2 Å². The van der Waals surface area contributed by atoms with Crippen molar-refractivity contribution in [3.8, 4) is 5.75 Å². The van der Waals surface area contributed by atoms with Gasteiger partial charge in [0.25, 0.3) is 0 Å². The monoisotopic (exact) mass is 501 g/mol. The van der Waals surface area contributed by atoms with E-state index in [1.54, 1.807) is 19.2 Å². The molecule has 0 saturated carbocycles. The molecule has 2 heterocycles. The number of benzene rings is 2. The smallest absolute Gasteiger partial charge is 0.191 e. The molecule has 2 unspecified atom stereocenters. The fraction of sp³-hybridized carbons (Fsp3) is 0.217. The Bertz CT molecular complexity index is 1160. The maximum absolute atomic E-state index is 13.9. The molecule has 0 saturated heterocycles. The average Bonchev–Trinajstić information content (AvgIpc) is 3.15. The van der Waals surface area contributed by atoms with Gasteiger partial charge in [-0.05, 0) is 52.3 Å². The normalized spacial score (nSPS) is 16.9. The molecule has 4 rings (SSSR count). The van der Waals surface area contributed by atoms with Crippen molar-refractivity contribution < 1.29 is 13.9 Å². The minimum atomic E-state index is -0.787. The van der Waals surface area contributed by atoms with Gasteiger partial charge in [-0.1, -0.05) is 12.1 Å². The number of hydrogen-bond acceptors (Lipinski definition) is 6. The first kappa shape index (κ1) is 21.7. The molecule has 31 heavy (non-hydrogen) atoms. The summed E-state index contributed by atoms with van der Waals surface area (Å²) in [7, 11) is 3.49. The number of likely N-dealkylation sites (N-methyl/N-ethyl adjacent to an activating group) is 1.